The number of alkyl halides is 2. The minimum atomic E-state index is -4.28. The Morgan fingerprint density at radius 1 is 0.600 bits per heavy atom. The summed E-state index contributed by atoms with van der Waals surface area (Å²) in [5.41, 5.74) is 0.141. The Balaban J connectivity index is 1.35. The van der Waals surface area contributed by atoms with Gasteiger partial charge >= 0.3 is 6.11 Å². The van der Waals surface area contributed by atoms with Crippen molar-refractivity contribution in [3.05, 3.63) is 136 Å². The van der Waals surface area contributed by atoms with E-state index in [9.17, 15) is 13.2 Å². The second kappa shape index (κ2) is 13.4. The van der Waals surface area contributed by atoms with Gasteiger partial charge in [0.05, 0.1) is 16.1 Å². The third kappa shape index (κ3) is 7.17. The SMILES string of the molecule is CCCCCc1ccc(-c2ccc(C(F)(F)Oc3cc(F)c(-c4ccc(-c5ccc(Cl)c(F)c5)c(F)c4)c(F)c3)c(F)c2)cc1. The molecule has 0 amide bonds. The van der Waals surface area contributed by atoms with Gasteiger partial charge in [0.1, 0.15) is 34.8 Å². The molecular weight excluding hydrogens is 617 g/mol. The first-order chi connectivity index (χ1) is 21.5. The van der Waals surface area contributed by atoms with Crippen molar-refractivity contribution in [3.8, 4) is 39.1 Å². The molecule has 0 aliphatic heterocycles. The minimum absolute atomic E-state index is 0.0535. The summed E-state index contributed by atoms with van der Waals surface area (Å²) in [5.74, 6) is -6.51. The summed E-state index contributed by atoms with van der Waals surface area (Å²) in [6, 6.07) is 18.3. The lowest BCUT2D eigenvalue weighted by Gasteiger charge is -2.20. The van der Waals surface area contributed by atoms with Crippen LogP contribution in [-0.4, -0.2) is 0 Å². The molecule has 0 saturated carbocycles. The molecule has 0 aliphatic carbocycles. The Labute approximate surface area is 260 Å². The molecule has 0 radical (unpaired) electrons. The minimum Gasteiger partial charge on any atom is -0.429 e. The molecule has 5 aromatic rings. The summed E-state index contributed by atoms with van der Waals surface area (Å²) in [7, 11) is 0. The fraction of sp³-hybridized carbons (Fsp3) is 0.167. The third-order valence-corrected chi connectivity index (χ3v) is 7.70. The molecule has 0 fully saturated rings. The largest absolute Gasteiger partial charge is 0.429 e. The van der Waals surface area contributed by atoms with Gasteiger partial charge in [-0.25, -0.2) is 22.0 Å². The molecule has 0 saturated heterocycles. The van der Waals surface area contributed by atoms with E-state index < -0.39 is 52.1 Å². The van der Waals surface area contributed by atoms with Crippen LogP contribution in [0.25, 0.3) is 33.4 Å². The van der Waals surface area contributed by atoms with E-state index in [1.165, 1.54) is 30.3 Å². The first-order valence-electron chi connectivity index (χ1n) is 14.2. The second-order valence-electron chi connectivity index (χ2n) is 10.6. The van der Waals surface area contributed by atoms with Crippen molar-refractivity contribution in [1.29, 1.82) is 0 Å². The van der Waals surface area contributed by atoms with Crippen molar-refractivity contribution in [2.24, 2.45) is 0 Å². The zero-order valence-electron chi connectivity index (χ0n) is 23.9. The van der Waals surface area contributed by atoms with Gasteiger partial charge in [0, 0.05) is 17.7 Å². The summed E-state index contributed by atoms with van der Waals surface area (Å²) in [5, 5.41) is -0.161. The van der Waals surface area contributed by atoms with Crippen molar-refractivity contribution in [2.45, 2.75) is 38.7 Å². The Hall–Kier alpha value is -4.30. The van der Waals surface area contributed by atoms with E-state index in [0.717, 1.165) is 55.5 Å². The predicted octanol–water partition coefficient (Wildman–Crippen LogP) is 11.9. The Morgan fingerprint density at radius 2 is 1.20 bits per heavy atom. The average molecular weight is 643 g/mol. The third-order valence-electron chi connectivity index (χ3n) is 7.39. The zero-order chi connectivity index (χ0) is 32.3. The molecule has 5 aromatic carbocycles. The fourth-order valence-electron chi connectivity index (χ4n) is 5.03. The van der Waals surface area contributed by atoms with Gasteiger partial charge in [0.25, 0.3) is 0 Å². The van der Waals surface area contributed by atoms with E-state index in [2.05, 4.69) is 11.7 Å². The highest BCUT2D eigenvalue weighted by Crippen LogP contribution is 2.38. The number of ether oxygens (including phenoxy) is 1. The quantitative estimate of drug-likeness (QED) is 0.109. The summed E-state index contributed by atoms with van der Waals surface area (Å²) in [6.07, 6.45) is -0.125. The maximum atomic E-state index is 15.0. The van der Waals surface area contributed by atoms with Gasteiger partial charge in [-0.05, 0) is 71.0 Å². The molecule has 9 heteroatoms. The van der Waals surface area contributed by atoms with E-state index in [0.29, 0.717) is 23.3 Å². The number of hydrogen-bond donors (Lipinski definition) is 0. The van der Waals surface area contributed by atoms with Crippen molar-refractivity contribution in [3.63, 3.8) is 0 Å². The molecule has 5 rings (SSSR count). The van der Waals surface area contributed by atoms with Gasteiger partial charge in [-0.2, -0.15) is 8.78 Å². The highest BCUT2D eigenvalue weighted by molar-refractivity contribution is 6.30. The van der Waals surface area contributed by atoms with E-state index in [4.69, 9.17) is 11.6 Å². The van der Waals surface area contributed by atoms with E-state index in [1.54, 1.807) is 12.1 Å². The topological polar surface area (TPSA) is 9.23 Å². The van der Waals surface area contributed by atoms with Crippen molar-refractivity contribution < 1.29 is 35.5 Å². The molecular formula is C36H26ClF7O. The molecule has 0 heterocycles. The summed E-state index contributed by atoms with van der Waals surface area (Å²) in [6.45, 7) is 2.11. The van der Waals surface area contributed by atoms with Crippen LogP contribution in [0.5, 0.6) is 5.75 Å². The van der Waals surface area contributed by atoms with Crippen molar-refractivity contribution in [2.75, 3.05) is 0 Å². The maximum Gasteiger partial charge on any atom is 0.429 e. The second-order valence-corrected chi connectivity index (χ2v) is 11.0. The molecule has 0 bridgehead atoms. The Morgan fingerprint density at radius 3 is 1.82 bits per heavy atom. The zero-order valence-corrected chi connectivity index (χ0v) is 24.7. The highest BCUT2D eigenvalue weighted by Gasteiger charge is 2.38. The first-order valence-corrected chi connectivity index (χ1v) is 14.5. The standard InChI is InChI=1S/C36H26ClF7O/c1-2-3-4-5-21-6-8-22(9-7-21)23-11-14-28(31(39)16-23)36(43,44)45-26-19-33(41)35(34(42)20-26)25-10-13-27(30(38)18-25)24-12-15-29(37)32(40)17-24/h6-20H,2-5H2,1H3. The van der Waals surface area contributed by atoms with E-state index in [1.807, 2.05) is 12.1 Å². The normalized spacial score (nSPS) is 11.6. The highest BCUT2D eigenvalue weighted by atomic mass is 35.5. The molecule has 232 valence electrons. The van der Waals surface area contributed by atoms with Gasteiger partial charge in [-0.15, -0.1) is 0 Å². The number of unbranched alkanes of at least 4 members (excludes halogenated alkanes) is 2. The summed E-state index contributed by atoms with van der Waals surface area (Å²) >= 11 is 5.66. The van der Waals surface area contributed by atoms with Gasteiger partial charge in [-0.3, -0.25) is 0 Å². The number of aryl methyl sites for hydroxylation is 1. The van der Waals surface area contributed by atoms with Crippen LogP contribution in [0.15, 0.2) is 91.0 Å². The van der Waals surface area contributed by atoms with Crippen LogP contribution < -0.4 is 4.74 Å². The van der Waals surface area contributed by atoms with Gasteiger partial charge in [0.2, 0.25) is 0 Å². The van der Waals surface area contributed by atoms with E-state index in [-0.39, 0.29) is 21.7 Å². The molecule has 0 aliphatic rings. The van der Waals surface area contributed by atoms with Crippen LogP contribution >= 0.6 is 11.6 Å². The predicted molar refractivity (Wildman–Crippen MR) is 162 cm³/mol. The molecule has 0 atom stereocenters. The van der Waals surface area contributed by atoms with Gasteiger partial charge < -0.3 is 4.74 Å². The lowest BCUT2D eigenvalue weighted by atomic mass is 9.98. The number of hydrogen-bond acceptors (Lipinski definition) is 1. The molecule has 45 heavy (non-hydrogen) atoms. The average Bonchev–Trinajstić information content (AvgIpc) is 2.98. The van der Waals surface area contributed by atoms with Crippen molar-refractivity contribution in [1.82, 2.24) is 0 Å². The monoisotopic (exact) mass is 642 g/mol. The molecule has 0 spiro atoms. The lowest BCUT2D eigenvalue weighted by molar-refractivity contribution is -0.187. The summed E-state index contributed by atoms with van der Waals surface area (Å²) < 4.78 is 108. The smallest absolute Gasteiger partial charge is 0.429 e. The fourth-order valence-corrected chi connectivity index (χ4v) is 5.15. The van der Waals surface area contributed by atoms with Gasteiger partial charge in [0.15, 0.2) is 0 Å². The molecule has 0 aromatic heterocycles. The van der Waals surface area contributed by atoms with Crippen LogP contribution in [0.4, 0.5) is 30.7 Å². The number of rotatable bonds is 10. The van der Waals surface area contributed by atoms with Crippen LogP contribution in [0.2, 0.25) is 5.02 Å². The molecule has 0 N–H and O–H groups in total. The van der Waals surface area contributed by atoms with Crippen LogP contribution in [0.1, 0.15) is 37.3 Å². The van der Waals surface area contributed by atoms with E-state index >= 15 is 17.6 Å². The van der Waals surface area contributed by atoms with Crippen LogP contribution in [-0.2, 0) is 12.5 Å². The summed E-state index contributed by atoms with van der Waals surface area (Å²) in [4.78, 5) is 0. The molecule has 0 unspecified atom stereocenters. The maximum absolute atomic E-state index is 15.0. The van der Waals surface area contributed by atoms with Crippen molar-refractivity contribution >= 4 is 11.6 Å². The Bertz CT molecular complexity index is 1810. The number of halogens is 8. The van der Waals surface area contributed by atoms with Crippen LogP contribution in [0.3, 0.4) is 0 Å². The Kier molecular flexibility index (Phi) is 9.53. The number of benzene rings is 5. The lowest BCUT2D eigenvalue weighted by Crippen LogP contribution is -2.23. The first kappa shape index (κ1) is 32.1. The van der Waals surface area contributed by atoms with Gasteiger partial charge in [-0.1, -0.05) is 79.9 Å². The van der Waals surface area contributed by atoms with Crippen LogP contribution in [0, 0.1) is 29.1 Å². The molecule has 1 nitrogen and oxygen atoms in total.